The minimum atomic E-state index is 0.729. The van der Waals surface area contributed by atoms with Gasteiger partial charge in [-0.25, -0.2) is 4.98 Å². The van der Waals surface area contributed by atoms with Crippen molar-refractivity contribution in [2.24, 2.45) is 0 Å². The lowest BCUT2D eigenvalue weighted by molar-refractivity contribution is 0.615. The summed E-state index contributed by atoms with van der Waals surface area (Å²) in [4.78, 5) is 11.4. The van der Waals surface area contributed by atoms with Crippen LogP contribution < -0.4 is 5.32 Å². The molecule has 1 N–H and O–H groups in total. The number of rotatable bonds is 3. The van der Waals surface area contributed by atoms with Crippen LogP contribution in [0.1, 0.15) is 4.88 Å². The lowest BCUT2D eigenvalue weighted by Crippen LogP contribution is -1.93. The maximum absolute atomic E-state index is 5.60. The second-order valence-corrected chi connectivity index (χ2v) is 7.94. The van der Waals surface area contributed by atoms with Crippen LogP contribution >= 0.6 is 22.7 Å². The Morgan fingerprint density at radius 3 is 2.96 bits per heavy atom. The Morgan fingerprint density at radius 2 is 2.08 bits per heavy atom. The third kappa shape index (κ3) is 2.42. The van der Waals surface area contributed by atoms with E-state index in [2.05, 4.69) is 39.7 Å². The van der Waals surface area contributed by atoms with Crippen LogP contribution in [0, 0.1) is 6.92 Å². The van der Waals surface area contributed by atoms with Gasteiger partial charge >= 0.3 is 0 Å². The molecule has 4 nitrogen and oxygen atoms in total. The second-order valence-electron chi connectivity index (χ2n) is 5.74. The molecule has 0 saturated carbocycles. The van der Waals surface area contributed by atoms with Crippen molar-refractivity contribution in [3.63, 3.8) is 0 Å². The number of nitrogens with zero attached hydrogens (tertiary/aromatic N) is 2. The Bertz CT molecular complexity index is 1200. The van der Waals surface area contributed by atoms with E-state index in [1.165, 1.54) is 15.1 Å². The van der Waals surface area contributed by atoms with Crippen LogP contribution in [0.25, 0.3) is 31.5 Å². The summed E-state index contributed by atoms with van der Waals surface area (Å²) in [6.07, 6.45) is 7.33. The molecule has 122 valence electrons. The minimum Gasteiger partial charge on any atom is -0.460 e. The third-order valence-electron chi connectivity index (χ3n) is 4.11. The molecule has 6 heteroatoms. The van der Waals surface area contributed by atoms with Crippen molar-refractivity contribution >= 4 is 55.2 Å². The molecule has 0 aliphatic carbocycles. The predicted octanol–water partition coefficient (Wildman–Crippen LogP) is 6.22. The molecule has 0 spiro atoms. The fraction of sp³-hybridized carbons (Fsp3) is 0.0526. The molecule has 0 radical (unpaired) electrons. The van der Waals surface area contributed by atoms with Crippen molar-refractivity contribution in [3.05, 3.63) is 59.4 Å². The molecule has 0 atom stereocenters. The van der Waals surface area contributed by atoms with Gasteiger partial charge in [-0.3, -0.25) is 4.98 Å². The first kappa shape index (κ1) is 14.6. The summed E-state index contributed by atoms with van der Waals surface area (Å²) >= 11 is 3.46. The summed E-state index contributed by atoms with van der Waals surface area (Å²) in [5.74, 6) is 0.729. The van der Waals surface area contributed by atoms with Gasteiger partial charge in [0.2, 0.25) is 0 Å². The van der Waals surface area contributed by atoms with E-state index in [0.29, 0.717) is 0 Å². The monoisotopic (exact) mass is 363 g/mol. The van der Waals surface area contributed by atoms with Gasteiger partial charge in [0.1, 0.15) is 0 Å². The molecule has 5 aromatic rings. The summed E-state index contributed by atoms with van der Waals surface area (Å²) in [5, 5.41) is 7.77. The predicted molar refractivity (Wildman–Crippen MR) is 105 cm³/mol. The van der Waals surface area contributed by atoms with Crippen molar-refractivity contribution in [2.75, 3.05) is 5.32 Å². The molecular formula is C19H13N3OS2. The Kier molecular flexibility index (Phi) is 3.33. The van der Waals surface area contributed by atoms with Crippen LogP contribution in [0.3, 0.4) is 0 Å². The zero-order valence-corrected chi connectivity index (χ0v) is 14.9. The third-order valence-corrected chi connectivity index (χ3v) is 6.06. The Hall–Kier alpha value is -2.70. The van der Waals surface area contributed by atoms with Crippen LogP contribution in [-0.4, -0.2) is 9.97 Å². The first-order valence-electron chi connectivity index (χ1n) is 7.81. The molecule has 0 amide bonds. The first-order valence-corrected chi connectivity index (χ1v) is 9.50. The van der Waals surface area contributed by atoms with E-state index in [4.69, 9.17) is 4.42 Å². The number of fused-ring (bicyclic) bond motifs is 2. The van der Waals surface area contributed by atoms with Gasteiger partial charge in [-0.1, -0.05) is 0 Å². The van der Waals surface area contributed by atoms with Gasteiger partial charge in [0.05, 0.1) is 16.7 Å². The largest absolute Gasteiger partial charge is 0.460 e. The molecule has 5 rings (SSSR count). The number of hydrogen-bond acceptors (Lipinski definition) is 6. The average molecular weight is 363 g/mol. The number of furan rings is 1. The number of aryl methyl sites for hydroxylation is 1. The number of anilines is 2. The Balaban J connectivity index is 1.68. The lowest BCUT2D eigenvalue weighted by Gasteiger charge is -2.07. The highest BCUT2D eigenvalue weighted by Crippen LogP contribution is 2.41. The van der Waals surface area contributed by atoms with Gasteiger partial charge < -0.3 is 9.73 Å². The van der Waals surface area contributed by atoms with Gasteiger partial charge in [-0.05, 0) is 31.2 Å². The van der Waals surface area contributed by atoms with Gasteiger partial charge in [-0.2, -0.15) is 0 Å². The zero-order valence-electron chi connectivity index (χ0n) is 13.3. The molecule has 0 fully saturated rings. The van der Waals surface area contributed by atoms with Crippen LogP contribution in [0.5, 0.6) is 0 Å². The van der Waals surface area contributed by atoms with Crippen molar-refractivity contribution in [1.82, 2.24) is 9.97 Å². The lowest BCUT2D eigenvalue weighted by atomic mass is 10.1. The second kappa shape index (κ2) is 5.68. The molecular weight excluding hydrogens is 350 g/mol. The minimum absolute atomic E-state index is 0.729. The number of hydrogen-bond donors (Lipinski definition) is 1. The van der Waals surface area contributed by atoms with E-state index in [0.717, 1.165) is 32.7 Å². The van der Waals surface area contributed by atoms with E-state index in [1.807, 2.05) is 24.5 Å². The molecule has 0 bridgehead atoms. The van der Waals surface area contributed by atoms with Crippen molar-refractivity contribution in [3.8, 4) is 10.4 Å². The maximum Gasteiger partial charge on any atom is 0.176 e. The summed E-state index contributed by atoms with van der Waals surface area (Å²) in [7, 11) is 0. The number of aromatic nitrogens is 2. The standard InChI is InChI=1S/C19H13N3OS2/c1-11-2-3-15(25-11)13-8-20-9-16-17(13)14(10-24-16)22-19-18-12(4-6-21-19)5-7-23-18/h2-10H,1H3,(H,21,22). The molecule has 0 unspecified atom stereocenters. The fourth-order valence-corrected chi connectivity index (χ4v) is 4.72. The van der Waals surface area contributed by atoms with E-state index < -0.39 is 0 Å². The van der Waals surface area contributed by atoms with Crippen molar-refractivity contribution < 1.29 is 4.42 Å². The average Bonchev–Trinajstić information content (AvgIpc) is 3.35. The quantitative estimate of drug-likeness (QED) is 0.413. The highest BCUT2D eigenvalue weighted by Gasteiger charge is 2.14. The van der Waals surface area contributed by atoms with Crippen LogP contribution in [0.2, 0.25) is 0 Å². The topological polar surface area (TPSA) is 51.0 Å². The summed E-state index contributed by atoms with van der Waals surface area (Å²) < 4.78 is 6.75. The molecule has 5 aromatic heterocycles. The maximum atomic E-state index is 5.60. The van der Waals surface area contributed by atoms with Crippen LogP contribution in [0.4, 0.5) is 11.5 Å². The van der Waals surface area contributed by atoms with E-state index in [1.54, 1.807) is 35.1 Å². The van der Waals surface area contributed by atoms with Gasteiger partial charge in [-0.15, -0.1) is 22.7 Å². The molecule has 25 heavy (non-hydrogen) atoms. The Morgan fingerprint density at radius 1 is 1.12 bits per heavy atom. The van der Waals surface area contributed by atoms with Gasteiger partial charge in [0.15, 0.2) is 11.4 Å². The van der Waals surface area contributed by atoms with Gasteiger partial charge in [0.25, 0.3) is 0 Å². The zero-order chi connectivity index (χ0) is 16.8. The highest BCUT2D eigenvalue weighted by atomic mass is 32.1. The molecule has 5 heterocycles. The van der Waals surface area contributed by atoms with Crippen molar-refractivity contribution in [1.29, 1.82) is 0 Å². The van der Waals surface area contributed by atoms with E-state index in [9.17, 15) is 0 Å². The molecule has 0 saturated heterocycles. The fourth-order valence-electron chi connectivity index (χ4n) is 2.96. The van der Waals surface area contributed by atoms with Crippen LogP contribution in [-0.2, 0) is 0 Å². The summed E-state index contributed by atoms with van der Waals surface area (Å²) in [6, 6.07) is 8.18. The van der Waals surface area contributed by atoms with Crippen molar-refractivity contribution in [2.45, 2.75) is 6.92 Å². The van der Waals surface area contributed by atoms with Gasteiger partial charge in [0, 0.05) is 50.1 Å². The van der Waals surface area contributed by atoms with E-state index in [-0.39, 0.29) is 0 Å². The molecule has 0 aromatic carbocycles. The number of pyridine rings is 2. The Labute approximate surface area is 151 Å². The summed E-state index contributed by atoms with van der Waals surface area (Å²) in [6.45, 7) is 2.12. The molecule has 0 aliphatic rings. The molecule has 0 aliphatic heterocycles. The number of nitrogens with one attached hydrogen (secondary N) is 1. The normalized spacial score (nSPS) is 11.4. The smallest absolute Gasteiger partial charge is 0.176 e. The van der Waals surface area contributed by atoms with E-state index >= 15 is 0 Å². The van der Waals surface area contributed by atoms with Crippen LogP contribution in [0.15, 0.2) is 58.9 Å². The first-order chi connectivity index (χ1) is 12.3. The summed E-state index contributed by atoms with van der Waals surface area (Å²) in [5.41, 5.74) is 2.94. The highest BCUT2D eigenvalue weighted by molar-refractivity contribution is 7.18. The number of thiophene rings is 2. The SMILES string of the molecule is Cc1ccc(-c2cncc3scc(Nc4nccc5ccoc45)c23)s1.